The molecule has 1 unspecified atom stereocenters. The lowest BCUT2D eigenvalue weighted by Gasteiger charge is -2.09. The number of carbonyl (C=O) groups excluding carboxylic acids is 1. The first kappa shape index (κ1) is 12.9. The van der Waals surface area contributed by atoms with Crippen LogP contribution in [0.4, 0.5) is 5.69 Å². The number of H-pyrrole nitrogens is 1. The smallest absolute Gasteiger partial charge is 0.244 e. The van der Waals surface area contributed by atoms with Crippen LogP contribution in [-0.4, -0.2) is 16.1 Å². The highest BCUT2D eigenvalue weighted by Crippen LogP contribution is 2.10. The molecule has 0 fully saturated rings. The number of anilines is 1. The van der Waals surface area contributed by atoms with Crippen molar-refractivity contribution in [2.24, 2.45) is 0 Å². The summed E-state index contributed by atoms with van der Waals surface area (Å²) in [4.78, 5) is 11.7. The Kier molecular flexibility index (Phi) is 3.97. The van der Waals surface area contributed by atoms with Crippen LogP contribution in [0.5, 0.6) is 0 Å². The molecule has 0 radical (unpaired) electrons. The van der Waals surface area contributed by atoms with Crippen molar-refractivity contribution >= 4 is 17.7 Å². The average Bonchev–Trinajstić information content (AvgIpc) is 2.90. The molecule has 1 amide bonds. The van der Waals surface area contributed by atoms with Gasteiger partial charge in [-0.1, -0.05) is 12.1 Å². The summed E-state index contributed by atoms with van der Waals surface area (Å²) in [6.07, 6.45) is 6.66. The van der Waals surface area contributed by atoms with E-state index in [4.69, 9.17) is 5.73 Å². The maximum atomic E-state index is 11.7. The molecule has 0 saturated heterocycles. The Labute approximate surface area is 111 Å². The fraction of sp³-hybridized carbons (Fsp3) is 0.143. The summed E-state index contributed by atoms with van der Waals surface area (Å²) >= 11 is 0. The molecule has 2 aromatic rings. The van der Waals surface area contributed by atoms with E-state index >= 15 is 0 Å². The number of nitrogens with one attached hydrogen (secondary N) is 2. The van der Waals surface area contributed by atoms with E-state index in [1.165, 1.54) is 6.08 Å². The lowest BCUT2D eigenvalue weighted by Crippen LogP contribution is -2.24. The molecule has 0 spiro atoms. The third kappa shape index (κ3) is 3.70. The first-order valence-corrected chi connectivity index (χ1v) is 5.98. The highest BCUT2D eigenvalue weighted by Gasteiger charge is 2.07. The van der Waals surface area contributed by atoms with Crippen LogP contribution in [0.1, 0.15) is 24.1 Å². The molecule has 2 rings (SSSR count). The van der Waals surface area contributed by atoms with E-state index < -0.39 is 0 Å². The molecule has 1 aromatic carbocycles. The number of benzene rings is 1. The Morgan fingerprint density at radius 3 is 3.05 bits per heavy atom. The van der Waals surface area contributed by atoms with Gasteiger partial charge in [0.25, 0.3) is 0 Å². The maximum Gasteiger partial charge on any atom is 0.244 e. The molecule has 0 aliphatic carbocycles. The fourth-order valence-corrected chi connectivity index (χ4v) is 1.68. The van der Waals surface area contributed by atoms with Gasteiger partial charge in [0.1, 0.15) is 0 Å². The van der Waals surface area contributed by atoms with Gasteiger partial charge in [-0.2, -0.15) is 5.10 Å². The van der Waals surface area contributed by atoms with Crippen LogP contribution in [0.3, 0.4) is 0 Å². The quantitative estimate of drug-likeness (QED) is 0.577. The molecule has 0 saturated carbocycles. The molecular weight excluding hydrogens is 240 g/mol. The van der Waals surface area contributed by atoms with E-state index in [9.17, 15) is 4.79 Å². The lowest BCUT2D eigenvalue weighted by atomic mass is 10.1. The minimum absolute atomic E-state index is 0.0863. The molecule has 1 atom stereocenters. The van der Waals surface area contributed by atoms with Crippen LogP contribution < -0.4 is 11.1 Å². The minimum atomic E-state index is -0.156. The third-order valence-corrected chi connectivity index (χ3v) is 2.72. The van der Waals surface area contributed by atoms with Gasteiger partial charge in [0, 0.05) is 23.5 Å². The van der Waals surface area contributed by atoms with Crippen LogP contribution in [-0.2, 0) is 4.79 Å². The molecule has 0 bridgehead atoms. The zero-order valence-corrected chi connectivity index (χ0v) is 10.6. The molecule has 1 heterocycles. The van der Waals surface area contributed by atoms with Gasteiger partial charge in [0.2, 0.25) is 5.91 Å². The number of aromatic nitrogens is 2. The highest BCUT2D eigenvalue weighted by molar-refractivity contribution is 5.92. The summed E-state index contributed by atoms with van der Waals surface area (Å²) in [5.41, 5.74) is 8.17. The number of carbonyl (C=O) groups is 1. The van der Waals surface area contributed by atoms with E-state index in [1.54, 1.807) is 24.5 Å². The molecule has 1 aromatic heterocycles. The molecule has 0 aliphatic rings. The van der Waals surface area contributed by atoms with Crippen molar-refractivity contribution in [2.45, 2.75) is 13.0 Å². The van der Waals surface area contributed by atoms with Gasteiger partial charge < -0.3 is 11.1 Å². The monoisotopic (exact) mass is 256 g/mol. The molecule has 5 nitrogen and oxygen atoms in total. The second-order valence-electron chi connectivity index (χ2n) is 4.27. The van der Waals surface area contributed by atoms with Crippen LogP contribution in [0.15, 0.2) is 42.7 Å². The number of aromatic amines is 1. The second-order valence-corrected chi connectivity index (χ2v) is 4.27. The lowest BCUT2D eigenvalue weighted by molar-refractivity contribution is -0.117. The van der Waals surface area contributed by atoms with Crippen molar-refractivity contribution in [1.82, 2.24) is 15.5 Å². The Bertz CT molecular complexity index is 575. The van der Waals surface area contributed by atoms with Gasteiger partial charge in [0.05, 0.1) is 12.2 Å². The largest absolute Gasteiger partial charge is 0.399 e. The van der Waals surface area contributed by atoms with Crippen molar-refractivity contribution in [3.05, 3.63) is 53.9 Å². The summed E-state index contributed by atoms with van der Waals surface area (Å²) in [5, 5.41) is 9.41. The van der Waals surface area contributed by atoms with Gasteiger partial charge >= 0.3 is 0 Å². The second kappa shape index (κ2) is 5.86. The highest BCUT2D eigenvalue weighted by atomic mass is 16.1. The molecular formula is C14H16N4O. The normalized spacial score (nSPS) is 12.5. The molecule has 0 aliphatic heterocycles. The average molecular weight is 256 g/mol. The summed E-state index contributed by atoms with van der Waals surface area (Å²) in [5.74, 6) is -0.156. The Morgan fingerprint density at radius 2 is 2.37 bits per heavy atom. The number of hydrogen-bond donors (Lipinski definition) is 3. The topological polar surface area (TPSA) is 83.8 Å². The summed E-state index contributed by atoms with van der Waals surface area (Å²) < 4.78 is 0. The fourth-order valence-electron chi connectivity index (χ4n) is 1.68. The molecule has 19 heavy (non-hydrogen) atoms. The standard InChI is InChI=1S/C14H16N4O/c1-10(12-8-16-17-9-12)18-14(19)6-5-11-3-2-4-13(15)7-11/h2-10H,15H2,1H3,(H,16,17)(H,18,19)/b6-5+. The number of nitrogens with two attached hydrogens (primary N) is 1. The van der Waals surface area contributed by atoms with Crippen LogP contribution in [0.2, 0.25) is 0 Å². The minimum Gasteiger partial charge on any atom is -0.399 e. The van der Waals surface area contributed by atoms with Crippen molar-refractivity contribution in [1.29, 1.82) is 0 Å². The van der Waals surface area contributed by atoms with Gasteiger partial charge in [-0.3, -0.25) is 9.89 Å². The summed E-state index contributed by atoms with van der Waals surface area (Å²) in [6.45, 7) is 1.90. The Hall–Kier alpha value is -2.56. The summed E-state index contributed by atoms with van der Waals surface area (Å²) in [7, 11) is 0. The zero-order valence-electron chi connectivity index (χ0n) is 10.6. The maximum absolute atomic E-state index is 11.7. The third-order valence-electron chi connectivity index (χ3n) is 2.72. The first-order valence-electron chi connectivity index (χ1n) is 5.98. The van der Waals surface area contributed by atoms with Crippen molar-refractivity contribution in [3.63, 3.8) is 0 Å². The molecule has 98 valence electrons. The number of nitrogen functional groups attached to an aromatic ring is 1. The van der Waals surface area contributed by atoms with Gasteiger partial charge in [-0.15, -0.1) is 0 Å². The predicted octanol–water partition coefficient (Wildman–Crippen LogP) is 1.88. The van der Waals surface area contributed by atoms with E-state index in [0.29, 0.717) is 5.69 Å². The van der Waals surface area contributed by atoms with Crippen molar-refractivity contribution in [2.75, 3.05) is 5.73 Å². The predicted molar refractivity (Wildman–Crippen MR) is 75.0 cm³/mol. The number of amides is 1. The van der Waals surface area contributed by atoms with Crippen molar-refractivity contribution < 1.29 is 4.79 Å². The Morgan fingerprint density at radius 1 is 1.53 bits per heavy atom. The van der Waals surface area contributed by atoms with E-state index in [1.807, 2.05) is 25.1 Å². The zero-order chi connectivity index (χ0) is 13.7. The molecule has 5 heteroatoms. The van der Waals surface area contributed by atoms with Crippen LogP contribution >= 0.6 is 0 Å². The van der Waals surface area contributed by atoms with Crippen LogP contribution in [0.25, 0.3) is 6.08 Å². The Balaban J connectivity index is 1.94. The van der Waals surface area contributed by atoms with Gasteiger partial charge in [-0.05, 0) is 30.7 Å². The molecule has 4 N–H and O–H groups in total. The van der Waals surface area contributed by atoms with Gasteiger partial charge in [-0.25, -0.2) is 0 Å². The van der Waals surface area contributed by atoms with Crippen LogP contribution in [0, 0.1) is 0 Å². The van der Waals surface area contributed by atoms with E-state index in [0.717, 1.165) is 11.1 Å². The number of hydrogen-bond acceptors (Lipinski definition) is 3. The van der Waals surface area contributed by atoms with E-state index in [-0.39, 0.29) is 11.9 Å². The van der Waals surface area contributed by atoms with Gasteiger partial charge in [0.15, 0.2) is 0 Å². The first-order chi connectivity index (χ1) is 9.15. The summed E-state index contributed by atoms with van der Waals surface area (Å²) in [6, 6.07) is 7.26. The van der Waals surface area contributed by atoms with E-state index in [2.05, 4.69) is 15.5 Å². The number of nitrogens with zero attached hydrogens (tertiary/aromatic N) is 1. The van der Waals surface area contributed by atoms with Crippen molar-refractivity contribution in [3.8, 4) is 0 Å². The number of rotatable bonds is 4. The SMILES string of the molecule is CC(NC(=O)/C=C/c1cccc(N)c1)c1cn[nH]c1.